The Balaban J connectivity index is 1.84. The third-order valence-electron chi connectivity index (χ3n) is 5.36. The number of fused-ring (bicyclic) bond motifs is 7. The van der Waals surface area contributed by atoms with Gasteiger partial charge in [-0.2, -0.15) is 0 Å². The average Bonchev–Trinajstić information content (AvgIpc) is 2.56. The van der Waals surface area contributed by atoms with Crippen molar-refractivity contribution in [3.05, 3.63) is 101 Å². The van der Waals surface area contributed by atoms with Crippen molar-refractivity contribution >= 4 is 0 Å². The highest BCUT2D eigenvalue weighted by atomic mass is 16.5. The molecule has 2 unspecified atom stereocenters. The van der Waals surface area contributed by atoms with E-state index < -0.39 is 0 Å². The van der Waals surface area contributed by atoms with E-state index in [4.69, 9.17) is 4.74 Å². The summed E-state index contributed by atoms with van der Waals surface area (Å²) in [6.45, 7) is 0. The van der Waals surface area contributed by atoms with Crippen LogP contribution in [0.15, 0.2) is 72.8 Å². The highest BCUT2D eigenvalue weighted by Gasteiger charge is 2.63. The molecule has 2 atom stereocenters. The van der Waals surface area contributed by atoms with Crippen molar-refractivity contribution in [2.45, 2.75) is 11.3 Å². The van der Waals surface area contributed by atoms with Crippen LogP contribution < -0.4 is 4.74 Å². The summed E-state index contributed by atoms with van der Waals surface area (Å²) in [5.74, 6) is 1.45. The molecule has 1 heteroatoms. The Morgan fingerprint density at radius 1 is 0.773 bits per heavy atom. The highest BCUT2D eigenvalue weighted by molar-refractivity contribution is 5.79. The summed E-state index contributed by atoms with van der Waals surface area (Å²) in [7, 11) is 1.77. The number of methoxy groups -OCH3 is 1. The van der Waals surface area contributed by atoms with Crippen LogP contribution in [-0.2, 0) is 5.41 Å². The fourth-order valence-corrected chi connectivity index (χ4v) is 4.56. The van der Waals surface area contributed by atoms with Gasteiger partial charge in [0.25, 0.3) is 0 Å². The molecule has 0 fully saturated rings. The highest BCUT2D eigenvalue weighted by Crippen LogP contribution is 2.71. The third kappa shape index (κ3) is 1.14. The van der Waals surface area contributed by atoms with Gasteiger partial charge in [0.1, 0.15) is 5.75 Å². The first-order chi connectivity index (χ1) is 10.9. The zero-order valence-corrected chi connectivity index (χ0v) is 12.4. The van der Waals surface area contributed by atoms with Crippen molar-refractivity contribution in [2.75, 3.05) is 7.11 Å². The molecule has 3 aromatic carbocycles. The van der Waals surface area contributed by atoms with Crippen LogP contribution in [0.2, 0.25) is 0 Å². The fraction of sp³-hybridized carbons (Fsp3) is 0.143. The number of benzene rings is 3. The minimum Gasteiger partial charge on any atom is -0.496 e. The molecule has 0 aliphatic heterocycles. The zero-order chi connectivity index (χ0) is 14.7. The molecule has 0 radical (unpaired) electrons. The fourth-order valence-electron chi connectivity index (χ4n) is 4.56. The van der Waals surface area contributed by atoms with E-state index in [1.54, 1.807) is 7.11 Å². The minimum absolute atomic E-state index is 0.0295. The Bertz CT molecular complexity index is 881. The lowest BCUT2D eigenvalue weighted by atomic mass is 9.40. The van der Waals surface area contributed by atoms with Gasteiger partial charge in [0.2, 0.25) is 0 Å². The number of rotatable bonds is 2. The molecule has 22 heavy (non-hydrogen) atoms. The Kier molecular flexibility index (Phi) is 2.20. The standard InChI is InChI=1S/C21H16O/c1-22-18-13-7-12-17-19(18)20-15-10-5-6-11-16(15)21(17,20)14-8-3-2-4-9-14/h2-13,20H,1H3. The third-order valence-corrected chi connectivity index (χ3v) is 5.36. The van der Waals surface area contributed by atoms with Crippen LogP contribution in [0.4, 0.5) is 0 Å². The summed E-state index contributed by atoms with van der Waals surface area (Å²) in [5, 5.41) is 0. The Morgan fingerprint density at radius 3 is 2.32 bits per heavy atom. The largest absolute Gasteiger partial charge is 0.496 e. The molecule has 2 aliphatic carbocycles. The van der Waals surface area contributed by atoms with Gasteiger partial charge >= 0.3 is 0 Å². The predicted octanol–water partition coefficient (Wildman–Crippen LogP) is 4.49. The lowest BCUT2D eigenvalue weighted by Crippen LogP contribution is -2.54. The van der Waals surface area contributed by atoms with Gasteiger partial charge in [0, 0.05) is 11.5 Å². The second kappa shape index (κ2) is 4.01. The van der Waals surface area contributed by atoms with Gasteiger partial charge < -0.3 is 4.74 Å². The van der Waals surface area contributed by atoms with Crippen LogP contribution in [0, 0.1) is 0 Å². The lowest BCUT2D eigenvalue weighted by Gasteiger charge is -2.61. The average molecular weight is 284 g/mol. The first kappa shape index (κ1) is 12.0. The molecule has 106 valence electrons. The molecule has 0 bridgehead atoms. The van der Waals surface area contributed by atoms with Gasteiger partial charge in [-0.1, -0.05) is 66.7 Å². The molecule has 0 heterocycles. The van der Waals surface area contributed by atoms with Gasteiger partial charge in [0.15, 0.2) is 0 Å². The van der Waals surface area contributed by atoms with Crippen LogP contribution in [0.1, 0.15) is 33.7 Å². The Labute approximate surface area is 130 Å². The molecule has 5 rings (SSSR count). The predicted molar refractivity (Wildman–Crippen MR) is 87.6 cm³/mol. The normalized spacial score (nSPS) is 23.4. The Hall–Kier alpha value is -2.54. The van der Waals surface area contributed by atoms with Gasteiger partial charge in [-0.05, 0) is 28.3 Å². The van der Waals surface area contributed by atoms with Crippen LogP contribution in [0.3, 0.4) is 0 Å². The molecule has 3 aromatic rings. The van der Waals surface area contributed by atoms with E-state index in [0.29, 0.717) is 5.92 Å². The number of hydrogen-bond donors (Lipinski definition) is 0. The van der Waals surface area contributed by atoms with Crippen molar-refractivity contribution in [1.29, 1.82) is 0 Å². The molecule has 0 spiro atoms. The topological polar surface area (TPSA) is 9.23 Å². The van der Waals surface area contributed by atoms with Gasteiger partial charge in [-0.15, -0.1) is 0 Å². The summed E-state index contributed by atoms with van der Waals surface area (Å²) in [6.07, 6.45) is 0. The van der Waals surface area contributed by atoms with Crippen LogP contribution in [0.25, 0.3) is 0 Å². The van der Waals surface area contributed by atoms with Gasteiger partial charge in [0.05, 0.1) is 12.5 Å². The quantitative estimate of drug-likeness (QED) is 0.674. The van der Waals surface area contributed by atoms with Crippen LogP contribution in [-0.4, -0.2) is 7.11 Å². The molecular formula is C21H16O. The van der Waals surface area contributed by atoms with E-state index in [2.05, 4.69) is 72.8 Å². The number of ether oxygens (including phenoxy) is 1. The van der Waals surface area contributed by atoms with Crippen molar-refractivity contribution in [1.82, 2.24) is 0 Å². The van der Waals surface area contributed by atoms with Crippen molar-refractivity contribution in [2.24, 2.45) is 0 Å². The smallest absolute Gasteiger partial charge is 0.123 e. The first-order valence-electron chi connectivity index (χ1n) is 7.71. The second-order valence-electron chi connectivity index (χ2n) is 6.12. The molecule has 0 saturated heterocycles. The molecule has 1 nitrogen and oxygen atoms in total. The van der Waals surface area contributed by atoms with Gasteiger partial charge in [-0.3, -0.25) is 0 Å². The summed E-state index contributed by atoms with van der Waals surface area (Å²) < 4.78 is 5.63. The maximum absolute atomic E-state index is 5.63. The zero-order valence-electron chi connectivity index (χ0n) is 12.4. The molecule has 0 N–H and O–H groups in total. The van der Waals surface area contributed by atoms with E-state index in [9.17, 15) is 0 Å². The SMILES string of the molecule is COc1cccc2c1C1c3ccccc3C21c1ccccc1. The van der Waals surface area contributed by atoms with E-state index in [0.717, 1.165) is 5.75 Å². The summed E-state index contributed by atoms with van der Waals surface area (Å²) in [6, 6.07) is 26.2. The second-order valence-corrected chi connectivity index (χ2v) is 6.12. The monoisotopic (exact) mass is 284 g/mol. The molecule has 0 saturated carbocycles. The summed E-state index contributed by atoms with van der Waals surface area (Å²) in [5.41, 5.74) is 7.09. The minimum atomic E-state index is 0.0295. The van der Waals surface area contributed by atoms with Crippen LogP contribution >= 0.6 is 0 Å². The molecule has 0 aromatic heterocycles. The van der Waals surface area contributed by atoms with Crippen molar-refractivity contribution < 1.29 is 4.74 Å². The van der Waals surface area contributed by atoms with E-state index in [-0.39, 0.29) is 5.41 Å². The van der Waals surface area contributed by atoms with Crippen molar-refractivity contribution in [3.63, 3.8) is 0 Å². The molecule has 0 amide bonds. The van der Waals surface area contributed by atoms with Gasteiger partial charge in [-0.25, -0.2) is 0 Å². The van der Waals surface area contributed by atoms with Crippen molar-refractivity contribution in [3.8, 4) is 5.75 Å². The summed E-state index contributed by atoms with van der Waals surface area (Å²) >= 11 is 0. The number of hydrogen-bond acceptors (Lipinski definition) is 1. The first-order valence-corrected chi connectivity index (χ1v) is 7.71. The lowest BCUT2D eigenvalue weighted by molar-refractivity contribution is 0.351. The van der Waals surface area contributed by atoms with E-state index in [1.165, 1.54) is 27.8 Å². The van der Waals surface area contributed by atoms with E-state index >= 15 is 0 Å². The maximum Gasteiger partial charge on any atom is 0.123 e. The maximum atomic E-state index is 5.63. The Morgan fingerprint density at radius 2 is 1.50 bits per heavy atom. The van der Waals surface area contributed by atoms with Crippen LogP contribution in [0.5, 0.6) is 5.75 Å². The van der Waals surface area contributed by atoms with E-state index in [1.807, 2.05) is 0 Å². The molecular weight excluding hydrogens is 268 g/mol. The summed E-state index contributed by atoms with van der Waals surface area (Å²) in [4.78, 5) is 0. The molecule has 2 aliphatic rings.